The first-order valence-electron chi connectivity index (χ1n) is 5.48. The van der Waals surface area contributed by atoms with Crippen molar-refractivity contribution in [1.82, 2.24) is 9.97 Å². The second-order valence-electron chi connectivity index (χ2n) is 3.84. The van der Waals surface area contributed by atoms with Gasteiger partial charge >= 0.3 is 5.97 Å². The van der Waals surface area contributed by atoms with Gasteiger partial charge in [-0.2, -0.15) is 0 Å². The van der Waals surface area contributed by atoms with Crippen molar-refractivity contribution in [3.8, 4) is 0 Å². The molecular weight excluding hydrogens is 232 g/mol. The van der Waals surface area contributed by atoms with Crippen LogP contribution in [0.25, 0.3) is 11.0 Å². The predicted molar refractivity (Wildman–Crippen MR) is 65.0 cm³/mol. The highest BCUT2D eigenvalue weighted by molar-refractivity contribution is 5.95. The van der Waals surface area contributed by atoms with E-state index in [4.69, 9.17) is 4.74 Å². The van der Waals surface area contributed by atoms with Gasteiger partial charge in [0.15, 0.2) is 5.78 Å². The number of aromatic nitrogens is 2. The van der Waals surface area contributed by atoms with Crippen LogP contribution in [0.4, 0.5) is 0 Å². The summed E-state index contributed by atoms with van der Waals surface area (Å²) in [6, 6.07) is 7.24. The number of carbonyl (C=O) groups excluding carboxylic acids is 2. The van der Waals surface area contributed by atoms with Crippen molar-refractivity contribution in [1.29, 1.82) is 0 Å². The minimum atomic E-state index is -0.417. The summed E-state index contributed by atoms with van der Waals surface area (Å²) in [7, 11) is 0. The molecule has 0 radical (unpaired) electrons. The molecule has 1 heterocycles. The van der Waals surface area contributed by atoms with Crippen molar-refractivity contribution < 1.29 is 14.3 Å². The highest BCUT2D eigenvalue weighted by atomic mass is 16.5. The summed E-state index contributed by atoms with van der Waals surface area (Å²) >= 11 is 0. The van der Waals surface area contributed by atoms with E-state index >= 15 is 0 Å². The molecule has 92 valence electrons. The second-order valence-corrected chi connectivity index (χ2v) is 3.84. The molecule has 5 nitrogen and oxygen atoms in total. The SMILES string of the molecule is CC(=O)OCc1nc2ccccc2nc1C(C)=O. The number of hydrogen-bond donors (Lipinski definition) is 0. The molecule has 0 unspecified atom stereocenters. The van der Waals surface area contributed by atoms with Gasteiger partial charge in [-0.15, -0.1) is 0 Å². The lowest BCUT2D eigenvalue weighted by Gasteiger charge is -2.07. The van der Waals surface area contributed by atoms with Crippen LogP contribution in [0, 0.1) is 0 Å². The van der Waals surface area contributed by atoms with Gasteiger partial charge in [-0.05, 0) is 12.1 Å². The summed E-state index contributed by atoms with van der Waals surface area (Å²) < 4.78 is 4.87. The standard InChI is InChI=1S/C13H12N2O3/c1-8(16)13-12(7-18-9(2)17)14-10-5-3-4-6-11(10)15-13/h3-6H,7H2,1-2H3. The van der Waals surface area contributed by atoms with Gasteiger partial charge in [0.05, 0.1) is 11.0 Å². The minimum Gasteiger partial charge on any atom is -0.459 e. The molecule has 18 heavy (non-hydrogen) atoms. The van der Waals surface area contributed by atoms with Crippen molar-refractivity contribution >= 4 is 22.8 Å². The zero-order chi connectivity index (χ0) is 13.1. The van der Waals surface area contributed by atoms with Crippen LogP contribution in [0.3, 0.4) is 0 Å². The Bertz CT molecular complexity index is 623. The number of para-hydroxylation sites is 2. The summed E-state index contributed by atoms with van der Waals surface area (Å²) in [5, 5.41) is 0. The van der Waals surface area contributed by atoms with Crippen molar-refractivity contribution in [3.63, 3.8) is 0 Å². The topological polar surface area (TPSA) is 69.2 Å². The fraction of sp³-hybridized carbons (Fsp3) is 0.231. The van der Waals surface area contributed by atoms with E-state index < -0.39 is 5.97 Å². The smallest absolute Gasteiger partial charge is 0.303 e. The average Bonchev–Trinajstić information content (AvgIpc) is 2.35. The Morgan fingerprint density at radius 2 is 1.72 bits per heavy atom. The van der Waals surface area contributed by atoms with E-state index in [1.165, 1.54) is 13.8 Å². The Hall–Kier alpha value is -2.30. The van der Waals surface area contributed by atoms with Gasteiger partial charge in [-0.25, -0.2) is 9.97 Å². The molecule has 5 heteroatoms. The number of rotatable bonds is 3. The Balaban J connectivity index is 2.50. The molecule has 0 atom stereocenters. The first kappa shape index (κ1) is 12.2. The Kier molecular flexibility index (Phi) is 3.32. The van der Waals surface area contributed by atoms with Crippen LogP contribution < -0.4 is 0 Å². The number of ether oxygens (including phenoxy) is 1. The van der Waals surface area contributed by atoms with Crippen LogP contribution >= 0.6 is 0 Å². The first-order chi connectivity index (χ1) is 8.58. The van der Waals surface area contributed by atoms with Gasteiger partial charge in [0.1, 0.15) is 18.0 Å². The van der Waals surface area contributed by atoms with E-state index in [1.807, 2.05) is 12.1 Å². The highest BCUT2D eigenvalue weighted by Crippen LogP contribution is 2.14. The van der Waals surface area contributed by atoms with E-state index in [1.54, 1.807) is 12.1 Å². The summed E-state index contributed by atoms with van der Waals surface area (Å²) in [5.41, 5.74) is 1.95. The number of carbonyl (C=O) groups is 2. The maximum Gasteiger partial charge on any atom is 0.303 e. The number of nitrogens with zero attached hydrogens (tertiary/aromatic N) is 2. The zero-order valence-corrected chi connectivity index (χ0v) is 10.1. The molecule has 0 amide bonds. The molecule has 0 bridgehead atoms. The quantitative estimate of drug-likeness (QED) is 0.609. The van der Waals surface area contributed by atoms with Gasteiger partial charge in [0.2, 0.25) is 0 Å². The fourth-order valence-corrected chi connectivity index (χ4v) is 1.59. The maximum absolute atomic E-state index is 11.5. The van der Waals surface area contributed by atoms with Crippen molar-refractivity contribution in [2.75, 3.05) is 0 Å². The molecule has 0 saturated heterocycles. The Labute approximate surface area is 104 Å². The fourth-order valence-electron chi connectivity index (χ4n) is 1.59. The molecule has 0 aliphatic carbocycles. The summed E-state index contributed by atoms with van der Waals surface area (Å²) in [5.74, 6) is -0.616. The molecule has 1 aromatic heterocycles. The average molecular weight is 244 g/mol. The normalized spacial score (nSPS) is 10.3. The number of Topliss-reactive ketones (excluding diaryl/α,β-unsaturated/α-hetero) is 1. The highest BCUT2D eigenvalue weighted by Gasteiger charge is 2.13. The largest absolute Gasteiger partial charge is 0.459 e. The molecular formula is C13H12N2O3. The monoisotopic (exact) mass is 244 g/mol. The molecule has 1 aromatic carbocycles. The van der Waals surface area contributed by atoms with Gasteiger partial charge in [0, 0.05) is 13.8 Å². The third-order valence-electron chi connectivity index (χ3n) is 2.39. The number of ketones is 1. The second kappa shape index (κ2) is 4.91. The molecule has 0 fully saturated rings. The van der Waals surface area contributed by atoms with Crippen molar-refractivity contribution in [2.45, 2.75) is 20.5 Å². The van der Waals surface area contributed by atoms with E-state index in [2.05, 4.69) is 9.97 Å². The van der Waals surface area contributed by atoms with Gasteiger partial charge in [-0.1, -0.05) is 12.1 Å². The van der Waals surface area contributed by atoms with E-state index in [0.29, 0.717) is 16.7 Å². The predicted octanol–water partition coefficient (Wildman–Crippen LogP) is 1.90. The van der Waals surface area contributed by atoms with Crippen LogP contribution in [-0.2, 0) is 16.1 Å². The molecule has 0 N–H and O–H groups in total. The Morgan fingerprint density at radius 1 is 1.11 bits per heavy atom. The van der Waals surface area contributed by atoms with Crippen LogP contribution in [0.1, 0.15) is 30.0 Å². The number of esters is 1. The number of hydrogen-bond acceptors (Lipinski definition) is 5. The summed E-state index contributed by atoms with van der Waals surface area (Å²) in [4.78, 5) is 30.9. The molecule has 0 aliphatic rings. The van der Waals surface area contributed by atoms with Crippen LogP contribution in [0.15, 0.2) is 24.3 Å². The molecule has 0 spiro atoms. The molecule has 0 aliphatic heterocycles. The van der Waals surface area contributed by atoms with Gasteiger partial charge in [0.25, 0.3) is 0 Å². The van der Waals surface area contributed by atoms with E-state index in [-0.39, 0.29) is 18.1 Å². The molecule has 2 rings (SSSR count). The number of fused-ring (bicyclic) bond motifs is 1. The summed E-state index contributed by atoms with van der Waals surface area (Å²) in [6.07, 6.45) is 0. The van der Waals surface area contributed by atoms with Crippen LogP contribution in [0.2, 0.25) is 0 Å². The lowest BCUT2D eigenvalue weighted by molar-refractivity contribution is -0.142. The third-order valence-corrected chi connectivity index (χ3v) is 2.39. The summed E-state index contributed by atoms with van der Waals surface area (Å²) in [6.45, 7) is 2.68. The first-order valence-corrected chi connectivity index (χ1v) is 5.48. The zero-order valence-electron chi connectivity index (χ0n) is 10.1. The van der Waals surface area contributed by atoms with Crippen LogP contribution in [-0.4, -0.2) is 21.7 Å². The third kappa shape index (κ3) is 2.51. The lowest BCUT2D eigenvalue weighted by atomic mass is 10.2. The van der Waals surface area contributed by atoms with Crippen molar-refractivity contribution in [2.24, 2.45) is 0 Å². The van der Waals surface area contributed by atoms with E-state index in [0.717, 1.165) is 0 Å². The Morgan fingerprint density at radius 3 is 2.28 bits per heavy atom. The van der Waals surface area contributed by atoms with E-state index in [9.17, 15) is 9.59 Å². The minimum absolute atomic E-state index is 0.0396. The van der Waals surface area contributed by atoms with Crippen molar-refractivity contribution in [3.05, 3.63) is 35.7 Å². The molecule has 0 saturated carbocycles. The van der Waals surface area contributed by atoms with Gasteiger partial charge < -0.3 is 4.74 Å². The molecule has 2 aromatic rings. The lowest BCUT2D eigenvalue weighted by Crippen LogP contribution is -2.09. The number of benzene rings is 1. The van der Waals surface area contributed by atoms with Crippen LogP contribution in [0.5, 0.6) is 0 Å². The maximum atomic E-state index is 11.5. The van der Waals surface area contributed by atoms with Gasteiger partial charge in [-0.3, -0.25) is 9.59 Å².